The van der Waals surface area contributed by atoms with Crippen LogP contribution in [0.3, 0.4) is 0 Å². The van der Waals surface area contributed by atoms with E-state index in [1.165, 1.54) is 0 Å². The second kappa shape index (κ2) is 9.15. The van der Waals surface area contributed by atoms with Gasteiger partial charge in [-0.3, -0.25) is 9.36 Å². The van der Waals surface area contributed by atoms with Gasteiger partial charge in [-0.25, -0.2) is 15.0 Å². The molecular weight excluding hydrogens is 424 g/mol. The number of anilines is 1. The molecule has 5 aromatic rings. The normalized spacial score (nSPS) is 11.0. The zero-order chi connectivity index (χ0) is 23.5. The molecule has 7 heteroatoms. The van der Waals surface area contributed by atoms with Gasteiger partial charge in [0, 0.05) is 24.6 Å². The Labute approximate surface area is 197 Å². The van der Waals surface area contributed by atoms with Crippen LogP contribution in [0, 0.1) is 6.92 Å². The van der Waals surface area contributed by atoms with Gasteiger partial charge in [-0.05, 0) is 53.9 Å². The molecule has 0 radical (unpaired) electrons. The Bertz CT molecular complexity index is 1460. The number of nitrogens with zero attached hydrogens (tertiary/aromatic N) is 4. The molecule has 7 nitrogen and oxygen atoms in total. The van der Waals surface area contributed by atoms with E-state index in [2.05, 4.69) is 15.3 Å². The summed E-state index contributed by atoms with van der Waals surface area (Å²) in [6, 6.07) is 23.5. The Morgan fingerprint density at radius 3 is 2.53 bits per heavy atom. The Kier molecular flexibility index (Phi) is 5.74. The number of nitrogens with two attached hydrogens (primary N) is 1. The Morgan fingerprint density at radius 2 is 1.76 bits per heavy atom. The summed E-state index contributed by atoms with van der Waals surface area (Å²) >= 11 is 0. The molecule has 0 aliphatic heterocycles. The molecule has 3 N–H and O–H groups in total. The first-order chi connectivity index (χ1) is 16.6. The molecule has 0 aliphatic carbocycles. The molecule has 1 amide bonds. The van der Waals surface area contributed by atoms with E-state index in [1.54, 1.807) is 6.20 Å². The number of pyridine rings is 2. The highest BCUT2D eigenvalue weighted by molar-refractivity contribution is 5.83. The number of fused-ring (bicyclic) bond motifs is 1. The van der Waals surface area contributed by atoms with Crippen molar-refractivity contribution in [1.29, 1.82) is 0 Å². The summed E-state index contributed by atoms with van der Waals surface area (Å²) in [4.78, 5) is 26.0. The maximum Gasteiger partial charge on any atom is 0.224 e. The quantitative estimate of drug-likeness (QED) is 0.405. The molecule has 0 bridgehead atoms. The number of nitrogen functional groups attached to an aromatic ring is 1. The van der Waals surface area contributed by atoms with E-state index >= 15 is 0 Å². The van der Waals surface area contributed by atoms with Crippen LogP contribution in [-0.2, 0) is 17.8 Å². The minimum atomic E-state index is -0.00945. The molecule has 168 valence electrons. The smallest absolute Gasteiger partial charge is 0.224 e. The summed E-state index contributed by atoms with van der Waals surface area (Å²) in [5.41, 5.74) is 12.4. The minimum absolute atomic E-state index is 0.00945. The third-order valence-electron chi connectivity index (χ3n) is 5.61. The second-order valence-corrected chi connectivity index (χ2v) is 8.17. The van der Waals surface area contributed by atoms with Crippen LogP contribution in [0.5, 0.6) is 0 Å². The summed E-state index contributed by atoms with van der Waals surface area (Å²) in [6.07, 6.45) is 3.85. The van der Waals surface area contributed by atoms with E-state index in [9.17, 15) is 4.79 Å². The van der Waals surface area contributed by atoms with Crippen molar-refractivity contribution in [3.63, 3.8) is 0 Å². The lowest BCUT2D eigenvalue weighted by Crippen LogP contribution is -2.24. The van der Waals surface area contributed by atoms with Crippen LogP contribution < -0.4 is 11.1 Å². The predicted octanol–water partition coefficient (Wildman–Crippen LogP) is 4.23. The fraction of sp³-hybridized carbons (Fsp3) is 0.111. The number of hydrogen-bond acceptors (Lipinski definition) is 5. The van der Waals surface area contributed by atoms with Gasteiger partial charge in [0.1, 0.15) is 11.3 Å². The molecule has 0 saturated carbocycles. The van der Waals surface area contributed by atoms with Crippen LogP contribution in [0.25, 0.3) is 28.2 Å². The fourth-order valence-electron chi connectivity index (χ4n) is 3.90. The number of imidazole rings is 1. The van der Waals surface area contributed by atoms with Crippen molar-refractivity contribution in [3.8, 4) is 17.1 Å². The number of amides is 1. The highest BCUT2D eigenvalue weighted by Crippen LogP contribution is 2.30. The van der Waals surface area contributed by atoms with Gasteiger partial charge in [-0.1, -0.05) is 42.5 Å². The maximum absolute atomic E-state index is 12.3. The Hall–Kier alpha value is -4.52. The van der Waals surface area contributed by atoms with Gasteiger partial charge in [0.2, 0.25) is 5.91 Å². The highest BCUT2D eigenvalue weighted by atomic mass is 16.1. The highest BCUT2D eigenvalue weighted by Gasteiger charge is 2.18. The number of carbonyl (C=O) groups is 1. The van der Waals surface area contributed by atoms with Gasteiger partial charge in [0.05, 0.1) is 12.0 Å². The van der Waals surface area contributed by atoms with Crippen LogP contribution in [0.1, 0.15) is 16.7 Å². The Morgan fingerprint density at radius 1 is 0.971 bits per heavy atom. The van der Waals surface area contributed by atoms with Crippen LogP contribution in [0.4, 0.5) is 5.82 Å². The first-order valence-corrected chi connectivity index (χ1v) is 11.0. The van der Waals surface area contributed by atoms with E-state index in [4.69, 9.17) is 10.7 Å². The van der Waals surface area contributed by atoms with Crippen molar-refractivity contribution in [3.05, 3.63) is 102 Å². The summed E-state index contributed by atoms with van der Waals surface area (Å²) in [5.74, 6) is 1.08. The first-order valence-electron chi connectivity index (χ1n) is 11.0. The zero-order valence-corrected chi connectivity index (χ0v) is 18.8. The molecule has 2 aromatic carbocycles. The van der Waals surface area contributed by atoms with Crippen molar-refractivity contribution in [2.45, 2.75) is 19.9 Å². The van der Waals surface area contributed by atoms with Crippen LogP contribution in [0.15, 0.2) is 85.2 Å². The van der Waals surface area contributed by atoms with Gasteiger partial charge >= 0.3 is 0 Å². The predicted molar refractivity (Wildman–Crippen MR) is 133 cm³/mol. The van der Waals surface area contributed by atoms with Gasteiger partial charge in [-0.15, -0.1) is 0 Å². The fourth-order valence-corrected chi connectivity index (χ4v) is 3.90. The SMILES string of the molecule is Cc1cnc2c(c1)nc(-c1cccnc1N)n2-c1ccc(CNC(=O)Cc2ccccc2)cc1. The lowest BCUT2D eigenvalue weighted by atomic mass is 10.1. The van der Waals surface area contributed by atoms with Gasteiger partial charge < -0.3 is 11.1 Å². The summed E-state index contributed by atoms with van der Waals surface area (Å²) in [5, 5.41) is 2.99. The first kappa shape index (κ1) is 21.3. The number of nitrogens with one attached hydrogen (secondary N) is 1. The summed E-state index contributed by atoms with van der Waals surface area (Å²) in [7, 11) is 0. The number of carbonyl (C=O) groups excluding carboxylic acids is 1. The minimum Gasteiger partial charge on any atom is -0.383 e. The van der Waals surface area contributed by atoms with Crippen LogP contribution >= 0.6 is 0 Å². The van der Waals surface area contributed by atoms with E-state index in [1.807, 2.05) is 90.5 Å². The molecule has 34 heavy (non-hydrogen) atoms. The molecule has 0 spiro atoms. The van der Waals surface area contributed by atoms with E-state index in [-0.39, 0.29) is 5.91 Å². The average Bonchev–Trinajstić information content (AvgIpc) is 3.22. The number of hydrogen-bond donors (Lipinski definition) is 2. The molecule has 0 unspecified atom stereocenters. The standard InChI is InChI=1S/C27H24N6O/c1-18-14-23-27(31-16-18)33(26(32-23)22-8-5-13-29-25(22)28)21-11-9-20(10-12-21)17-30-24(34)15-19-6-3-2-4-7-19/h2-14,16H,15,17H2,1H3,(H2,28,29)(H,30,34). The number of rotatable bonds is 6. The van der Waals surface area contributed by atoms with Crippen molar-refractivity contribution < 1.29 is 4.79 Å². The maximum atomic E-state index is 12.3. The van der Waals surface area contributed by atoms with Crippen molar-refractivity contribution in [2.24, 2.45) is 0 Å². The van der Waals surface area contributed by atoms with E-state index in [0.29, 0.717) is 24.6 Å². The van der Waals surface area contributed by atoms with Crippen molar-refractivity contribution in [1.82, 2.24) is 24.8 Å². The van der Waals surface area contributed by atoms with Crippen molar-refractivity contribution >= 4 is 22.9 Å². The topological polar surface area (TPSA) is 98.7 Å². The largest absolute Gasteiger partial charge is 0.383 e. The molecule has 3 aromatic heterocycles. The molecule has 3 heterocycles. The van der Waals surface area contributed by atoms with Gasteiger partial charge in [0.15, 0.2) is 11.5 Å². The lowest BCUT2D eigenvalue weighted by molar-refractivity contribution is -0.120. The number of aromatic nitrogens is 4. The summed E-state index contributed by atoms with van der Waals surface area (Å²) < 4.78 is 1.99. The van der Waals surface area contributed by atoms with Gasteiger partial charge in [-0.2, -0.15) is 0 Å². The van der Waals surface area contributed by atoms with Crippen molar-refractivity contribution in [2.75, 3.05) is 5.73 Å². The van der Waals surface area contributed by atoms with E-state index in [0.717, 1.165) is 39.1 Å². The molecular formula is C27H24N6O. The van der Waals surface area contributed by atoms with Crippen LogP contribution in [-0.4, -0.2) is 25.4 Å². The van der Waals surface area contributed by atoms with Gasteiger partial charge in [0.25, 0.3) is 0 Å². The third-order valence-corrected chi connectivity index (χ3v) is 5.61. The number of aryl methyl sites for hydroxylation is 1. The lowest BCUT2D eigenvalue weighted by Gasteiger charge is -2.11. The number of benzene rings is 2. The molecule has 0 saturated heterocycles. The zero-order valence-electron chi connectivity index (χ0n) is 18.8. The second-order valence-electron chi connectivity index (χ2n) is 8.17. The molecule has 5 rings (SSSR count). The van der Waals surface area contributed by atoms with E-state index < -0.39 is 0 Å². The molecule has 0 fully saturated rings. The molecule has 0 atom stereocenters. The average molecular weight is 449 g/mol. The molecule has 0 aliphatic rings. The Balaban J connectivity index is 1.42. The summed E-state index contributed by atoms with van der Waals surface area (Å²) in [6.45, 7) is 2.45. The third kappa shape index (κ3) is 4.36. The van der Waals surface area contributed by atoms with Crippen LogP contribution in [0.2, 0.25) is 0 Å². The monoisotopic (exact) mass is 448 g/mol.